The van der Waals surface area contributed by atoms with Crippen LogP contribution in [-0.2, 0) is 9.59 Å². The number of benzene rings is 1. The predicted molar refractivity (Wildman–Crippen MR) is 78.6 cm³/mol. The molecule has 0 saturated carbocycles. The molecule has 0 aliphatic carbocycles. The Kier molecular flexibility index (Phi) is 5.41. The maximum Gasteiger partial charge on any atom is 0.260 e. The van der Waals surface area contributed by atoms with Gasteiger partial charge in [-0.2, -0.15) is 0 Å². The molecule has 1 aromatic rings. The van der Waals surface area contributed by atoms with E-state index in [9.17, 15) is 9.59 Å². The highest BCUT2D eigenvalue weighted by molar-refractivity contribution is 6.32. The number of carbonyl (C=O) groups is 2. The quantitative estimate of drug-likeness (QED) is 0.492. The van der Waals surface area contributed by atoms with Crippen LogP contribution in [0.4, 0.5) is 0 Å². The number of amides is 2. The fourth-order valence-corrected chi connectivity index (χ4v) is 2.52. The SMILES string of the molecule is NNC(=O)C1CCCN(C(=O)COc2ccccc2Cl)C1. The lowest BCUT2D eigenvalue weighted by atomic mass is 9.97. The number of piperidine rings is 1. The first-order valence-electron chi connectivity index (χ1n) is 6.77. The van der Waals surface area contributed by atoms with Crippen LogP contribution in [-0.4, -0.2) is 36.4 Å². The number of hydrogen-bond acceptors (Lipinski definition) is 4. The highest BCUT2D eigenvalue weighted by atomic mass is 35.5. The van der Waals surface area contributed by atoms with Crippen LogP contribution in [0.25, 0.3) is 0 Å². The van der Waals surface area contributed by atoms with Gasteiger partial charge in [-0.05, 0) is 25.0 Å². The third kappa shape index (κ3) is 4.09. The number of para-hydroxylation sites is 1. The predicted octanol–water partition coefficient (Wildman–Crippen LogP) is 0.947. The number of hydrogen-bond donors (Lipinski definition) is 2. The summed E-state index contributed by atoms with van der Waals surface area (Å²) in [5.74, 6) is 4.95. The Bertz CT molecular complexity index is 524. The van der Waals surface area contributed by atoms with Crippen molar-refractivity contribution in [3.8, 4) is 5.75 Å². The number of nitrogens with one attached hydrogen (secondary N) is 1. The van der Waals surface area contributed by atoms with Crippen LogP contribution in [0.5, 0.6) is 5.75 Å². The van der Waals surface area contributed by atoms with E-state index in [-0.39, 0.29) is 24.3 Å². The van der Waals surface area contributed by atoms with E-state index in [1.807, 2.05) is 0 Å². The van der Waals surface area contributed by atoms with E-state index in [0.717, 1.165) is 12.8 Å². The maximum atomic E-state index is 12.1. The molecule has 0 aromatic heterocycles. The number of nitrogens with two attached hydrogens (primary N) is 1. The van der Waals surface area contributed by atoms with Gasteiger partial charge >= 0.3 is 0 Å². The van der Waals surface area contributed by atoms with Crippen molar-refractivity contribution < 1.29 is 14.3 Å². The van der Waals surface area contributed by atoms with E-state index in [0.29, 0.717) is 23.9 Å². The first-order chi connectivity index (χ1) is 10.1. The molecule has 1 aliphatic rings. The lowest BCUT2D eigenvalue weighted by molar-refractivity contribution is -0.137. The molecule has 0 bridgehead atoms. The molecule has 2 amide bonds. The molecule has 6 nitrogen and oxygen atoms in total. The molecule has 7 heteroatoms. The van der Waals surface area contributed by atoms with Gasteiger partial charge in [0.25, 0.3) is 5.91 Å². The molecule has 2 rings (SSSR count). The van der Waals surface area contributed by atoms with Crippen molar-refractivity contribution >= 4 is 23.4 Å². The van der Waals surface area contributed by atoms with Crippen LogP contribution in [0.15, 0.2) is 24.3 Å². The van der Waals surface area contributed by atoms with Gasteiger partial charge in [-0.25, -0.2) is 5.84 Å². The minimum atomic E-state index is -0.256. The number of nitrogens with zero attached hydrogens (tertiary/aromatic N) is 1. The average molecular weight is 312 g/mol. The maximum absolute atomic E-state index is 12.1. The molecule has 1 fully saturated rings. The van der Waals surface area contributed by atoms with E-state index in [2.05, 4.69) is 5.43 Å². The van der Waals surface area contributed by atoms with Crippen molar-refractivity contribution in [3.05, 3.63) is 29.3 Å². The number of carbonyl (C=O) groups excluding carboxylic acids is 2. The van der Waals surface area contributed by atoms with Crippen LogP contribution in [0, 0.1) is 5.92 Å². The van der Waals surface area contributed by atoms with Crippen molar-refractivity contribution in [2.75, 3.05) is 19.7 Å². The summed E-state index contributed by atoms with van der Waals surface area (Å²) in [6.07, 6.45) is 1.51. The topological polar surface area (TPSA) is 84.7 Å². The Morgan fingerprint density at radius 2 is 2.19 bits per heavy atom. The Morgan fingerprint density at radius 3 is 2.90 bits per heavy atom. The minimum Gasteiger partial charge on any atom is -0.482 e. The Labute approximate surface area is 128 Å². The molecular weight excluding hydrogens is 294 g/mol. The van der Waals surface area contributed by atoms with Gasteiger partial charge in [0.15, 0.2) is 6.61 Å². The average Bonchev–Trinajstić information content (AvgIpc) is 2.53. The van der Waals surface area contributed by atoms with Crippen LogP contribution in [0.1, 0.15) is 12.8 Å². The van der Waals surface area contributed by atoms with Gasteiger partial charge in [0, 0.05) is 13.1 Å². The monoisotopic (exact) mass is 311 g/mol. The Hall–Kier alpha value is -1.79. The van der Waals surface area contributed by atoms with Gasteiger partial charge in [-0.3, -0.25) is 15.0 Å². The number of halogens is 1. The van der Waals surface area contributed by atoms with Crippen molar-refractivity contribution in [2.45, 2.75) is 12.8 Å². The van der Waals surface area contributed by atoms with E-state index >= 15 is 0 Å². The van der Waals surface area contributed by atoms with Crippen LogP contribution in [0.2, 0.25) is 5.02 Å². The zero-order chi connectivity index (χ0) is 15.2. The third-order valence-electron chi connectivity index (χ3n) is 3.47. The van der Waals surface area contributed by atoms with Gasteiger partial charge in [-0.1, -0.05) is 23.7 Å². The van der Waals surface area contributed by atoms with Gasteiger partial charge in [0.1, 0.15) is 5.75 Å². The zero-order valence-electron chi connectivity index (χ0n) is 11.5. The molecule has 1 aromatic carbocycles. The van der Waals surface area contributed by atoms with Crippen molar-refractivity contribution in [1.29, 1.82) is 0 Å². The molecule has 21 heavy (non-hydrogen) atoms. The molecule has 1 atom stereocenters. The van der Waals surface area contributed by atoms with Gasteiger partial charge in [0.05, 0.1) is 10.9 Å². The molecular formula is C14H18ClN3O3. The van der Waals surface area contributed by atoms with Crippen molar-refractivity contribution in [1.82, 2.24) is 10.3 Å². The van der Waals surface area contributed by atoms with Crippen molar-refractivity contribution in [3.63, 3.8) is 0 Å². The van der Waals surface area contributed by atoms with Gasteiger partial charge in [-0.15, -0.1) is 0 Å². The molecule has 0 radical (unpaired) electrons. The lowest BCUT2D eigenvalue weighted by Gasteiger charge is -2.31. The summed E-state index contributed by atoms with van der Waals surface area (Å²) < 4.78 is 5.43. The van der Waals surface area contributed by atoms with Gasteiger partial charge < -0.3 is 9.64 Å². The summed E-state index contributed by atoms with van der Waals surface area (Å²) in [6, 6.07) is 6.98. The first-order valence-corrected chi connectivity index (χ1v) is 7.15. The fraction of sp³-hybridized carbons (Fsp3) is 0.429. The third-order valence-corrected chi connectivity index (χ3v) is 3.79. The molecule has 114 valence electrons. The number of hydrazine groups is 1. The second-order valence-electron chi connectivity index (χ2n) is 4.91. The van der Waals surface area contributed by atoms with E-state index in [1.54, 1.807) is 29.2 Å². The number of rotatable bonds is 4. The summed E-state index contributed by atoms with van der Waals surface area (Å²) in [5, 5.41) is 0.462. The summed E-state index contributed by atoms with van der Waals surface area (Å²) in [4.78, 5) is 25.3. The van der Waals surface area contributed by atoms with E-state index in [1.165, 1.54) is 0 Å². The standard InChI is InChI=1S/C14H18ClN3O3/c15-11-5-1-2-6-12(11)21-9-13(19)18-7-3-4-10(8-18)14(20)17-16/h1-2,5-6,10H,3-4,7-9,16H2,(H,17,20). The zero-order valence-corrected chi connectivity index (χ0v) is 12.3. The molecule has 1 heterocycles. The summed E-state index contributed by atoms with van der Waals surface area (Å²) >= 11 is 5.96. The van der Waals surface area contributed by atoms with Crippen LogP contribution >= 0.6 is 11.6 Å². The molecule has 1 unspecified atom stereocenters. The normalized spacial score (nSPS) is 18.2. The largest absolute Gasteiger partial charge is 0.482 e. The highest BCUT2D eigenvalue weighted by Gasteiger charge is 2.28. The number of likely N-dealkylation sites (tertiary alicyclic amines) is 1. The summed E-state index contributed by atoms with van der Waals surface area (Å²) in [6.45, 7) is 0.896. The first kappa shape index (κ1) is 15.6. The molecule has 0 spiro atoms. The second kappa shape index (κ2) is 7.28. The van der Waals surface area contributed by atoms with Crippen LogP contribution < -0.4 is 16.0 Å². The van der Waals surface area contributed by atoms with Crippen LogP contribution in [0.3, 0.4) is 0 Å². The lowest BCUT2D eigenvalue weighted by Crippen LogP contribution is -2.48. The molecule has 3 N–H and O–H groups in total. The second-order valence-corrected chi connectivity index (χ2v) is 5.31. The Morgan fingerprint density at radius 1 is 1.43 bits per heavy atom. The Balaban J connectivity index is 1.88. The highest BCUT2D eigenvalue weighted by Crippen LogP contribution is 2.23. The number of ether oxygens (including phenoxy) is 1. The summed E-state index contributed by atoms with van der Waals surface area (Å²) in [5.41, 5.74) is 2.13. The molecule has 1 saturated heterocycles. The minimum absolute atomic E-state index is 0.0965. The van der Waals surface area contributed by atoms with Crippen molar-refractivity contribution in [2.24, 2.45) is 11.8 Å². The van der Waals surface area contributed by atoms with Gasteiger partial charge in [0.2, 0.25) is 5.91 Å². The van der Waals surface area contributed by atoms with E-state index in [4.69, 9.17) is 22.2 Å². The fourth-order valence-electron chi connectivity index (χ4n) is 2.33. The van der Waals surface area contributed by atoms with E-state index < -0.39 is 0 Å². The smallest absolute Gasteiger partial charge is 0.260 e. The molecule has 1 aliphatic heterocycles. The summed E-state index contributed by atoms with van der Waals surface area (Å²) in [7, 11) is 0.